The Hall–Kier alpha value is -0.755. The van der Waals surface area contributed by atoms with Crippen molar-refractivity contribution < 1.29 is 28.4 Å². The number of nitrogens with one attached hydrogen (secondary N) is 1. The summed E-state index contributed by atoms with van der Waals surface area (Å²) >= 11 is 0. The Bertz CT molecular complexity index is 634. The standard InChI is InChI=1S/C13H25BN4O6S/c15-13(11(19)20)9-17(6-10(13)2-1-4-14(21)22)25(23,24)18-7-12(8-18)3-5-16-12/h10,16,21-22H,1-9,15H2,(H,19,20)/t10-,13-/m0/s1. The molecule has 0 unspecified atom stereocenters. The molecular weight excluding hydrogens is 351 g/mol. The molecule has 3 rings (SSSR count). The smallest absolute Gasteiger partial charge is 0.451 e. The summed E-state index contributed by atoms with van der Waals surface area (Å²) < 4.78 is 28.1. The molecule has 25 heavy (non-hydrogen) atoms. The second-order valence-corrected chi connectivity index (χ2v) is 9.41. The van der Waals surface area contributed by atoms with E-state index in [0.717, 1.165) is 17.3 Å². The zero-order chi connectivity index (χ0) is 18.5. The quantitative estimate of drug-likeness (QED) is 0.299. The minimum atomic E-state index is -3.74. The SMILES string of the molecule is N[C@@]1(C(=O)O)CN(S(=O)(=O)N2CC3(CCN3)C2)C[C@@H]1CCCB(O)O. The van der Waals surface area contributed by atoms with E-state index in [2.05, 4.69) is 5.32 Å². The molecule has 142 valence electrons. The molecule has 0 aromatic heterocycles. The summed E-state index contributed by atoms with van der Waals surface area (Å²) in [4.78, 5) is 11.6. The van der Waals surface area contributed by atoms with E-state index in [-0.39, 0.29) is 24.9 Å². The third-order valence-corrected chi connectivity index (χ3v) is 7.56. The summed E-state index contributed by atoms with van der Waals surface area (Å²) in [6, 6.07) is 0. The average molecular weight is 376 g/mol. The second kappa shape index (κ2) is 6.45. The van der Waals surface area contributed by atoms with Gasteiger partial charge in [0.15, 0.2) is 0 Å². The molecule has 3 aliphatic heterocycles. The van der Waals surface area contributed by atoms with Gasteiger partial charge in [-0.05, 0) is 25.7 Å². The van der Waals surface area contributed by atoms with Crippen molar-refractivity contribution in [3.63, 3.8) is 0 Å². The van der Waals surface area contributed by atoms with Crippen LogP contribution >= 0.6 is 0 Å². The maximum absolute atomic E-state index is 12.8. The van der Waals surface area contributed by atoms with Crippen LogP contribution in [0.3, 0.4) is 0 Å². The normalized spacial score (nSPS) is 32.4. The van der Waals surface area contributed by atoms with Crippen LogP contribution in [0.5, 0.6) is 0 Å². The summed E-state index contributed by atoms with van der Waals surface area (Å²) in [5, 5.41) is 30.6. The fraction of sp³-hybridized carbons (Fsp3) is 0.923. The minimum absolute atomic E-state index is 0.0313. The van der Waals surface area contributed by atoms with Gasteiger partial charge in [0.2, 0.25) is 0 Å². The van der Waals surface area contributed by atoms with E-state index in [0.29, 0.717) is 25.9 Å². The van der Waals surface area contributed by atoms with Crippen LogP contribution in [0.1, 0.15) is 19.3 Å². The van der Waals surface area contributed by atoms with Crippen molar-refractivity contribution in [3.05, 3.63) is 0 Å². The number of carboxylic acid groups (broad SMARTS) is 1. The summed E-state index contributed by atoms with van der Waals surface area (Å²) in [6.07, 6.45) is 1.72. The van der Waals surface area contributed by atoms with Crippen LogP contribution in [0.4, 0.5) is 0 Å². The zero-order valence-corrected chi connectivity index (χ0v) is 14.8. The van der Waals surface area contributed by atoms with Gasteiger partial charge in [0, 0.05) is 37.6 Å². The van der Waals surface area contributed by atoms with E-state index in [1.807, 2.05) is 0 Å². The van der Waals surface area contributed by atoms with Crippen LogP contribution in [0, 0.1) is 5.92 Å². The maximum Gasteiger partial charge on any atom is 0.451 e. The molecule has 0 aromatic rings. The largest absolute Gasteiger partial charge is 0.480 e. The van der Waals surface area contributed by atoms with Crippen molar-refractivity contribution in [2.24, 2.45) is 11.7 Å². The lowest BCUT2D eigenvalue weighted by molar-refractivity contribution is -0.144. The van der Waals surface area contributed by atoms with Crippen LogP contribution < -0.4 is 11.1 Å². The second-order valence-electron chi connectivity index (χ2n) is 7.48. The first-order valence-electron chi connectivity index (χ1n) is 8.48. The van der Waals surface area contributed by atoms with E-state index in [9.17, 15) is 18.3 Å². The lowest BCUT2D eigenvalue weighted by atomic mass is 9.78. The molecule has 3 heterocycles. The molecule has 0 aromatic carbocycles. The van der Waals surface area contributed by atoms with E-state index < -0.39 is 34.8 Å². The predicted octanol–water partition coefficient (Wildman–Crippen LogP) is -2.75. The van der Waals surface area contributed by atoms with Crippen LogP contribution in [0.2, 0.25) is 6.32 Å². The van der Waals surface area contributed by atoms with Gasteiger partial charge < -0.3 is 26.2 Å². The number of nitrogens with two attached hydrogens (primary N) is 1. The molecule has 0 amide bonds. The Kier molecular flexibility index (Phi) is 4.90. The molecule has 0 bridgehead atoms. The molecule has 6 N–H and O–H groups in total. The lowest BCUT2D eigenvalue weighted by Crippen LogP contribution is -2.77. The van der Waals surface area contributed by atoms with E-state index in [1.165, 1.54) is 4.31 Å². The third-order valence-electron chi connectivity index (χ3n) is 5.72. The lowest BCUT2D eigenvalue weighted by Gasteiger charge is -2.55. The monoisotopic (exact) mass is 376 g/mol. The molecule has 12 heteroatoms. The average Bonchev–Trinajstić information content (AvgIpc) is 2.74. The number of hydrogen-bond donors (Lipinski definition) is 5. The number of hydrogen-bond acceptors (Lipinski definition) is 7. The van der Waals surface area contributed by atoms with Gasteiger partial charge in [-0.15, -0.1) is 0 Å². The zero-order valence-electron chi connectivity index (χ0n) is 14.0. The predicted molar refractivity (Wildman–Crippen MR) is 89.7 cm³/mol. The van der Waals surface area contributed by atoms with E-state index >= 15 is 0 Å². The summed E-state index contributed by atoms with van der Waals surface area (Å²) in [5.74, 6) is -1.81. The molecule has 0 radical (unpaired) electrons. The fourth-order valence-electron chi connectivity index (χ4n) is 3.91. The maximum atomic E-state index is 12.8. The molecule has 3 fully saturated rings. The third kappa shape index (κ3) is 3.32. The Morgan fingerprint density at radius 1 is 1.28 bits per heavy atom. The number of nitrogens with zero attached hydrogens (tertiary/aromatic N) is 2. The van der Waals surface area contributed by atoms with Crippen molar-refractivity contribution in [2.45, 2.75) is 36.7 Å². The van der Waals surface area contributed by atoms with Crippen molar-refractivity contribution in [2.75, 3.05) is 32.7 Å². The summed E-state index contributed by atoms with van der Waals surface area (Å²) in [7, 11) is -5.21. The van der Waals surface area contributed by atoms with Gasteiger partial charge in [0.25, 0.3) is 10.2 Å². The van der Waals surface area contributed by atoms with Gasteiger partial charge in [-0.3, -0.25) is 4.79 Å². The molecular formula is C13H25BN4O6S. The van der Waals surface area contributed by atoms with Gasteiger partial charge in [0.1, 0.15) is 5.54 Å². The summed E-state index contributed by atoms with van der Waals surface area (Å²) in [5.41, 5.74) is 4.28. The Morgan fingerprint density at radius 3 is 2.40 bits per heavy atom. The van der Waals surface area contributed by atoms with Crippen LogP contribution in [-0.2, 0) is 15.0 Å². The molecule has 1 spiro atoms. The summed E-state index contributed by atoms with van der Waals surface area (Å²) in [6.45, 7) is 1.45. The highest BCUT2D eigenvalue weighted by atomic mass is 32.2. The highest BCUT2D eigenvalue weighted by molar-refractivity contribution is 7.86. The van der Waals surface area contributed by atoms with E-state index in [1.54, 1.807) is 0 Å². The Balaban J connectivity index is 1.67. The van der Waals surface area contributed by atoms with Crippen LogP contribution in [-0.4, -0.2) is 89.1 Å². The fourth-order valence-corrected chi connectivity index (χ4v) is 5.80. The van der Waals surface area contributed by atoms with Crippen molar-refractivity contribution in [3.8, 4) is 0 Å². The highest BCUT2D eigenvalue weighted by Crippen LogP contribution is 2.37. The van der Waals surface area contributed by atoms with Gasteiger partial charge in [-0.1, -0.05) is 6.42 Å². The topological polar surface area (TPSA) is 156 Å². The molecule has 3 saturated heterocycles. The highest BCUT2D eigenvalue weighted by Gasteiger charge is 2.57. The molecule has 2 atom stereocenters. The van der Waals surface area contributed by atoms with Gasteiger partial charge in [0.05, 0.1) is 0 Å². The number of rotatable bonds is 7. The van der Waals surface area contributed by atoms with Crippen molar-refractivity contribution >= 4 is 23.3 Å². The van der Waals surface area contributed by atoms with Crippen molar-refractivity contribution in [1.82, 2.24) is 13.9 Å². The van der Waals surface area contributed by atoms with Gasteiger partial charge in [-0.2, -0.15) is 17.0 Å². The first-order chi connectivity index (χ1) is 11.6. The Morgan fingerprint density at radius 2 is 1.92 bits per heavy atom. The first-order valence-corrected chi connectivity index (χ1v) is 9.87. The van der Waals surface area contributed by atoms with E-state index in [4.69, 9.17) is 15.8 Å². The van der Waals surface area contributed by atoms with Gasteiger partial charge >= 0.3 is 13.1 Å². The van der Waals surface area contributed by atoms with Gasteiger partial charge in [-0.25, -0.2) is 0 Å². The van der Waals surface area contributed by atoms with Crippen LogP contribution in [0.15, 0.2) is 0 Å². The van der Waals surface area contributed by atoms with Crippen LogP contribution in [0.25, 0.3) is 0 Å². The molecule has 0 saturated carbocycles. The molecule has 3 aliphatic rings. The molecule has 0 aliphatic carbocycles. The molecule has 10 nitrogen and oxygen atoms in total. The first kappa shape index (κ1) is 19.0. The minimum Gasteiger partial charge on any atom is -0.480 e. The number of carbonyl (C=O) groups is 1. The number of carboxylic acids is 1. The number of aliphatic carboxylic acids is 1. The van der Waals surface area contributed by atoms with Crippen molar-refractivity contribution in [1.29, 1.82) is 0 Å². The Labute approximate surface area is 147 Å².